The molecule has 0 bridgehead atoms. The normalized spacial score (nSPS) is 15.9. The van der Waals surface area contributed by atoms with Crippen molar-refractivity contribution in [2.75, 3.05) is 31.6 Å². The van der Waals surface area contributed by atoms with Gasteiger partial charge in [-0.3, -0.25) is 9.79 Å². The van der Waals surface area contributed by atoms with Crippen LogP contribution in [0.2, 0.25) is 0 Å². The van der Waals surface area contributed by atoms with Crippen molar-refractivity contribution in [2.45, 2.75) is 26.2 Å². The average molecular weight is 383 g/mol. The molecule has 1 unspecified atom stereocenters. The molecule has 1 heterocycles. The van der Waals surface area contributed by atoms with Gasteiger partial charge in [0.25, 0.3) is 0 Å². The first-order valence-electron chi connectivity index (χ1n) is 9.70. The van der Waals surface area contributed by atoms with Gasteiger partial charge < -0.3 is 15.0 Å². The van der Waals surface area contributed by atoms with Crippen LogP contribution in [0.1, 0.15) is 31.7 Å². The summed E-state index contributed by atoms with van der Waals surface area (Å²) in [6, 6.07) is 11.8. The second kappa shape index (κ2) is 9.46. The van der Waals surface area contributed by atoms with Crippen LogP contribution in [0.4, 0.5) is 15.8 Å². The van der Waals surface area contributed by atoms with Crippen LogP contribution in [-0.2, 0) is 4.79 Å². The summed E-state index contributed by atoms with van der Waals surface area (Å²) < 4.78 is 19.1. The molecule has 0 aromatic heterocycles. The molecule has 0 fully saturated rings. The number of amides is 1. The van der Waals surface area contributed by atoms with E-state index in [1.165, 1.54) is 12.1 Å². The standard InChI is InChI=1S/C22H26FN3O2/c1-3-26(4-2)12-5-13-28-18-9-7-17(8-10-18)24-15-20-19-11-6-16(23)14-21(19)25-22(20)27/h6-11,14-15,20H,3-5,12-13H2,1-2H3,(H,25,27). The van der Waals surface area contributed by atoms with Gasteiger partial charge in [0.05, 0.1) is 12.3 Å². The van der Waals surface area contributed by atoms with E-state index in [0.717, 1.165) is 43.1 Å². The summed E-state index contributed by atoms with van der Waals surface area (Å²) in [6.45, 7) is 8.15. The van der Waals surface area contributed by atoms with Gasteiger partial charge in [-0.05, 0) is 61.5 Å². The van der Waals surface area contributed by atoms with Crippen LogP contribution >= 0.6 is 0 Å². The Morgan fingerprint density at radius 1 is 1.18 bits per heavy atom. The molecule has 0 spiro atoms. The van der Waals surface area contributed by atoms with Crippen molar-refractivity contribution in [3.8, 4) is 5.75 Å². The van der Waals surface area contributed by atoms with E-state index < -0.39 is 5.92 Å². The van der Waals surface area contributed by atoms with E-state index in [4.69, 9.17) is 4.74 Å². The summed E-state index contributed by atoms with van der Waals surface area (Å²) in [6.07, 6.45) is 2.58. The second-order valence-electron chi connectivity index (χ2n) is 6.70. The molecule has 1 N–H and O–H groups in total. The molecule has 2 aromatic rings. The largest absolute Gasteiger partial charge is 0.494 e. The highest BCUT2D eigenvalue weighted by Gasteiger charge is 2.29. The van der Waals surface area contributed by atoms with E-state index in [1.54, 1.807) is 12.3 Å². The smallest absolute Gasteiger partial charge is 0.237 e. The van der Waals surface area contributed by atoms with E-state index in [0.29, 0.717) is 12.3 Å². The number of anilines is 1. The maximum atomic E-state index is 13.3. The first kappa shape index (κ1) is 20.0. The Kier molecular flexibility index (Phi) is 6.76. The number of nitrogens with one attached hydrogen (secondary N) is 1. The lowest BCUT2D eigenvalue weighted by Crippen LogP contribution is -2.25. The van der Waals surface area contributed by atoms with Gasteiger partial charge in [0, 0.05) is 18.4 Å². The molecule has 1 aliphatic rings. The second-order valence-corrected chi connectivity index (χ2v) is 6.70. The summed E-state index contributed by atoms with van der Waals surface area (Å²) in [5, 5.41) is 2.68. The fraction of sp³-hybridized carbons (Fsp3) is 0.364. The molecular weight excluding hydrogens is 357 g/mol. The van der Waals surface area contributed by atoms with Crippen molar-refractivity contribution in [2.24, 2.45) is 4.99 Å². The zero-order chi connectivity index (χ0) is 19.9. The molecule has 0 radical (unpaired) electrons. The summed E-state index contributed by atoms with van der Waals surface area (Å²) in [5.74, 6) is -0.272. The molecule has 5 nitrogen and oxygen atoms in total. The Labute approximate surface area is 165 Å². The molecule has 0 aliphatic carbocycles. The number of aliphatic imine (C=N–C) groups is 1. The number of benzene rings is 2. The third-order valence-electron chi connectivity index (χ3n) is 4.88. The minimum Gasteiger partial charge on any atom is -0.494 e. The monoisotopic (exact) mass is 383 g/mol. The van der Waals surface area contributed by atoms with Crippen LogP contribution in [0.3, 0.4) is 0 Å². The van der Waals surface area contributed by atoms with E-state index in [-0.39, 0.29) is 11.7 Å². The number of hydrogen-bond acceptors (Lipinski definition) is 4. The first-order valence-corrected chi connectivity index (χ1v) is 9.70. The van der Waals surface area contributed by atoms with Crippen LogP contribution in [0.15, 0.2) is 47.5 Å². The number of fused-ring (bicyclic) bond motifs is 1. The highest BCUT2D eigenvalue weighted by atomic mass is 19.1. The average Bonchev–Trinajstić information content (AvgIpc) is 3.01. The Morgan fingerprint density at radius 3 is 2.64 bits per heavy atom. The van der Waals surface area contributed by atoms with Crippen molar-refractivity contribution in [3.63, 3.8) is 0 Å². The summed E-state index contributed by atoms with van der Waals surface area (Å²) >= 11 is 0. The van der Waals surface area contributed by atoms with Crippen LogP contribution in [0.5, 0.6) is 5.75 Å². The number of carbonyl (C=O) groups excluding carboxylic acids is 1. The molecule has 6 heteroatoms. The number of carbonyl (C=O) groups is 1. The van der Waals surface area contributed by atoms with Crippen molar-refractivity contribution in [1.29, 1.82) is 0 Å². The van der Waals surface area contributed by atoms with Crippen LogP contribution in [0.25, 0.3) is 0 Å². The third-order valence-corrected chi connectivity index (χ3v) is 4.88. The Balaban J connectivity index is 1.54. The van der Waals surface area contributed by atoms with Crippen molar-refractivity contribution >= 4 is 23.5 Å². The van der Waals surface area contributed by atoms with Gasteiger partial charge in [0.2, 0.25) is 5.91 Å². The highest BCUT2D eigenvalue weighted by Crippen LogP contribution is 2.32. The van der Waals surface area contributed by atoms with Crippen LogP contribution in [-0.4, -0.2) is 43.3 Å². The number of ether oxygens (including phenoxy) is 1. The van der Waals surface area contributed by atoms with Crippen LogP contribution in [0, 0.1) is 5.82 Å². The summed E-state index contributed by atoms with van der Waals surface area (Å²) in [4.78, 5) is 18.9. The van der Waals surface area contributed by atoms with Gasteiger partial charge in [-0.15, -0.1) is 0 Å². The minimum atomic E-state index is -0.508. The van der Waals surface area contributed by atoms with Crippen molar-refractivity contribution < 1.29 is 13.9 Å². The molecule has 3 rings (SSSR count). The number of rotatable bonds is 9. The maximum Gasteiger partial charge on any atom is 0.237 e. The quantitative estimate of drug-likeness (QED) is 0.517. The highest BCUT2D eigenvalue weighted by molar-refractivity contribution is 6.12. The van der Waals surface area contributed by atoms with Crippen LogP contribution < -0.4 is 10.1 Å². The summed E-state index contributed by atoms with van der Waals surface area (Å²) in [7, 11) is 0. The zero-order valence-corrected chi connectivity index (χ0v) is 16.3. The molecule has 0 saturated heterocycles. The predicted molar refractivity (Wildman–Crippen MR) is 110 cm³/mol. The molecule has 1 atom stereocenters. The van der Waals surface area contributed by atoms with E-state index in [9.17, 15) is 9.18 Å². The van der Waals surface area contributed by atoms with E-state index in [1.807, 2.05) is 24.3 Å². The molecule has 148 valence electrons. The van der Waals surface area contributed by atoms with Crippen molar-refractivity contribution in [1.82, 2.24) is 4.90 Å². The topological polar surface area (TPSA) is 53.9 Å². The fourth-order valence-corrected chi connectivity index (χ4v) is 3.21. The van der Waals surface area contributed by atoms with E-state index in [2.05, 4.69) is 29.1 Å². The SMILES string of the molecule is CCN(CC)CCCOc1ccc(N=CC2C(=O)Nc3cc(F)ccc32)cc1. The summed E-state index contributed by atoms with van der Waals surface area (Å²) in [5.41, 5.74) is 1.98. The third kappa shape index (κ3) is 4.95. The van der Waals surface area contributed by atoms with E-state index >= 15 is 0 Å². The molecule has 0 saturated carbocycles. The molecule has 2 aromatic carbocycles. The van der Waals surface area contributed by atoms with Gasteiger partial charge >= 0.3 is 0 Å². The maximum absolute atomic E-state index is 13.3. The van der Waals surface area contributed by atoms with Gasteiger partial charge in [0.1, 0.15) is 17.5 Å². The first-order chi connectivity index (χ1) is 13.6. The van der Waals surface area contributed by atoms with Gasteiger partial charge in [-0.2, -0.15) is 0 Å². The number of nitrogens with zero attached hydrogens (tertiary/aromatic N) is 2. The number of hydrogen-bond donors (Lipinski definition) is 1. The van der Waals surface area contributed by atoms with Gasteiger partial charge in [-0.25, -0.2) is 4.39 Å². The Morgan fingerprint density at radius 2 is 1.93 bits per heavy atom. The molecule has 28 heavy (non-hydrogen) atoms. The minimum absolute atomic E-state index is 0.197. The van der Waals surface area contributed by atoms with Crippen molar-refractivity contribution in [3.05, 3.63) is 53.8 Å². The lowest BCUT2D eigenvalue weighted by Gasteiger charge is -2.17. The van der Waals surface area contributed by atoms with Gasteiger partial charge in [-0.1, -0.05) is 19.9 Å². The Hall–Kier alpha value is -2.73. The molecule has 1 amide bonds. The lowest BCUT2D eigenvalue weighted by molar-refractivity contribution is -0.115. The zero-order valence-electron chi connectivity index (χ0n) is 16.3. The number of halogens is 1. The lowest BCUT2D eigenvalue weighted by atomic mass is 10.0. The fourth-order valence-electron chi connectivity index (χ4n) is 3.21. The Bertz CT molecular complexity index is 832. The molecular formula is C22H26FN3O2. The predicted octanol–water partition coefficient (Wildman–Crippen LogP) is 4.37. The van der Waals surface area contributed by atoms with Gasteiger partial charge in [0.15, 0.2) is 0 Å². The molecule has 1 aliphatic heterocycles.